The van der Waals surface area contributed by atoms with Gasteiger partial charge in [-0.15, -0.1) is 0 Å². The Kier molecular flexibility index (Phi) is 2.18. The van der Waals surface area contributed by atoms with Crippen molar-refractivity contribution < 1.29 is 8.78 Å². The summed E-state index contributed by atoms with van der Waals surface area (Å²) < 4.78 is 26.0. The highest BCUT2D eigenvalue weighted by atomic mass is 79.9. The van der Waals surface area contributed by atoms with Crippen molar-refractivity contribution >= 4 is 26.8 Å². The standard InChI is InChI=1S/C8H3BrF2N2O2/c9-4-3(10)1-2-6(5(4)11)12-8(15)13-7(2)14/h1H,(H2,12,13,14,15). The number of aromatic nitrogens is 2. The molecule has 0 spiro atoms. The molecule has 1 heterocycles. The molecule has 15 heavy (non-hydrogen) atoms. The van der Waals surface area contributed by atoms with Gasteiger partial charge in [-0.05, 0) is 22.0 Å². The number of rotatable bonds is 0. The van der Waals surface area contributed by atoms with E-state index in [2.05, 4.69) is 20.9 Å². The molecule has 0 bridgehead atoms. The van der Waals surface area contributed by atoms with E-state index < -0.39 is 27.4 Å². The Bertz CT molecular complexity index is 662. The number of halogens is 3. The third-order valence-corrected chi connectivity index (χ3v) is 2.60. The zero-order chi connectivity index (χ0) is 11.2. The van der Waals surface area contributed by atoms with Gasteiger partial charge in [0.05, 0.1) is 15.4 Å². The minimum Gasteiger partial charge on any atom is -0.304 e. The molecule has 0 radical (unpaired) electrons. The van der Waals surface area contributed by atoms with Crippen molar-refractivity contribution in [1.29, 1.82) is 0 Å². The molecule has 7 heteroatoms. The van der Waals surface area contributed by atoms with Gasteiger partial charge in [0.2, 0.25) is 0 Å². The largest absolute Gasteiger partial charge is 0.326 e. The van der Waals surface area contributed by atoms with Crippen LogP contribution in [0.2, 0.25) is 0 Å². The van der Waals surface area contributed by atoms with Gasteiger partial charge >= 0.3 is 5.69 Å². The van der Waals surface area contributed by atoms with Crippen molar-refractivity contribution in [3.05, 3.63) is 43.0 Å². The van der Waals surface area contributed by atoms with Crippen LogP contribution in [-0.4, -0.2) is 9.97 Å². The second-order valence-electron chi connectivity index (χ2n) is 2.82. The molecule has 1 aromatic heterocycles. The van der Waals surface area contributed by atoms with Crippen LogP contribution in [0, 0.1) is 11.6 Å². The van der Waals surface area contributed by atoms with Gasteiger partial charge < -0.3 is 4.98 Å². The van der Waals surface area contributed by atoms with Gasteiger partial charge in [0, 0.05) is 0 Å². The van der Waals surface area contributed by atoms with Crippen molar-refractivity contribution in [1.82, 2.24) is 9.97 Å². The first-order valence-corrected chi connectivity index (χ1v) is 4.60. The lowest BCUT2D eigenvalue weighted by Crippen LogP contribution is -2.22. The summed E-state index contributed by atoms with van der Waals surface area (Å²) in [7, 11) is 0. The van der Waals surface area contributed by atoms with Gasteiger partial charge in [0.25, 0.3) is 5.56 Å². The summed E-state index contributed by atoms with van der Waals surface area (Å²) in [6, 6.07) is 0.845. The quantitative estimate of drug-likeness (QED) is 0.712. The lowest BCUT2D eigenvalue weighted by molar-refractivity contribution is 0.578. The molecule has 0 aliphatic rings. The van der Waals surface area contributed by atoms with Crippen LogP contribution < -0.4 is 11.2 Å². The molecular formula is C8H3BrF2N2O2. The molecule has 2 rings (SSSR count). The van der Waals surface area contributed by atoms with E-state index in [0.717, 1.165) is 6.07 Å². The van der Waals surface area contributed by atoms with Crippen LogP contribution in [0.5, 0.6) is 0 Å². The Morgan fingerprint density at radius 3 is 2.53 bits per heavy atom. The number of aromatic amines is 2. The molecular weight excluding hydrogens is 274 g/mol. The normalized spacial score (nSPS) is 10.9. The Morgan fingerprint density at radius 2 is 1.87 bits per heavy atom. The third kappa shape index (κ3) is 1.48. The molecule has 2 N–H and O–H groups in total. The molecule has 2 aromatic rings. The number of hydrogen-bond acceptors (Lipinski definition) is 2. The Hall–Kier alpha value is -1.50. The van der Waals surface area contributed by atoms with Crippen LogP contribution >= 0.6 is 15.9 Å². The second kappa shape index (κ2) is 3.27. The maximum Gasteiger partial charge on any atom is 0.326 e. The van der Waals surface area contributed by atoms with Gasteiger partial charge in [-0.25, -0.2) is 13.6 Å². The average molecular weight is 277 g/mol. The molecule has 0 amide bonds. The number of hydrogen-bond donors (Lipinski definition) is 2. The van der Waals surface area contributed by atoms with Crippen LogP contribution in [0.15, 0.2) is 20.1 Å². The molecule has 0 atom stereocenters. The molecule has 0 aliphatic heterocycles. The average Bonchev–Trinajstić information content (AvgIpc) is 2.17. The summed E-state index contributed by atoms with van der Waals surface area (Å²) in [6.07, 6.45) is 0. The van der Waals surface area contributed by atoms with E-state index in [-0.39, 0.29) is 10.9 Å². The maximum absolute atomic E-state index is 13.4. The van der Waals surface area contributed by atoms with Crippen LogP contribution in [0.25, 0.3) is 10.9 Å². The summed E-state index contributed by atoms with van der Waals surface area (Å²) in [4.78, 5) is 26.0. The SMILES string of the molecule is O=c1[nH]c(=O)c2cc(F)c(Br)c(F)c2[nH]1. The summed E-state index contributed by atoms with van der Waals surface area (Å²) in [5, 5.41) is -0.243. The number of H-pyrrole nitrogens is 2. The van der Waals surface area contributed by atoms with Gasteiger partial charge in [-0.2, -0.15) is 0 Å². The van der Waals surface area contributed by atoms with E-state index in [4.69, 9.17) is 0 Å². The predicted molar refractivity (Wildman–Crippen MR) is 52.8 cm³/mol. The van der Waals surface area contributed by atoms with E-state index in [1.807, 2.05) is 4.98 Å². The van der Waals surface area contributed by atoms with Gasteiger partial charge in [-0.1, -0.05) is 0 Å². The highest BCUT2D eigenvalue weighted by molar-refractivity contribution is 9.10. The van der Waals surface area contributed by atoms with Gasteiger partial charge in [0.1, 0.15) is 5.82 Å². The Balaban J connectivity index is 3.12. The minimum atomic E-state index is -1.01. The fourth-order valence-corrected chi connectivity index (χ4v) is 1.52. The van der Waals surface area contributed by atoms with Gasteiger partial charge in [-0.3, -0.25) is 9.78 Å². The topological polar surface area (TPSA) is 65.7 Å². The molecule has 0 unspecified atom stereocenters. The number of nitrogens with one attached hydrogen (secondary N) is 2. The first kappa shape index (κ1) is 10.0. The van der Waals surface area contributed by atoms with Crippen LogP contribution in [0.1, 0.15) is 0 Å². The van der Waals surface area contributed by atoms with Crippen molar-refractivity contribution in [2.24, 2.45) is 0 Å². The van der Waals surface area contributed by atoms with Crippen molar-refractivity contribution in [3.63, 3.8) is 0 Å². The zero-order valence-electron chi connectivity index (χ0n) is 7.03. The summed E-state index contributed by atoms with van der Waals surface area (Å²) in [5.41, 5.74) is -2.00. The maximum atomic E-state index is 13.4. The minimum absolute atomic E-state index is 0.243. The molecule has 1 aromatic carbocycles. The van der Waals surface area contributed by atoms with Crippen LogP contribution in [0.3, 0.4) is 0 Å². The van der Waals surface area contributed by atoms with Crippen LogP contribution in [0.4, 0.5) is 8.78 Å². The lowest BCUT2D eigenvalue weighted by Gasteiger charge is -2.01. The monoisotopic (exact) mass is 276 g/mol. The van der Waals surface area contributed by atoms with Crippen molar-refractivity contribution in [3.8, 4) is 0 Å². The Morgan fingerprint density at radius 1 is 1.20 bits per heavy atom. The molecule has 78 valence electrons. The second-order valence-corrected chi connectivity index (χ2v) is 3.61. The fourth-order valence-electron chi connectivity index (χ4n) is 1.21. The van der Waals surface area contributed by atoms with E-state index in [0.29, 0.717) is 0 Å². The third-order valence-electron chi connectivity index (χ3n) is 1.87. The number of fused-ring (bicyclic) bond motifs is 1. The fraction of sp³-hybridized carbons (Fsp3) is 0. The molecule has 4 nitrogen and oxygen atoms in total. The smallest absolute Gasteiger partial charge is 0.304 e. The van der Waals surface area contributed by atoms with E-state index in [1.54, 1.807) is 0 Å². The zero-order valence-corrected chi connectivity index (χ0v) is 8.61. The van der Waals surface area contributed by atoms with Gasteiger partial charge in [0.15, 0.2) is 5.82 Å². The molecule has 0 fully saturated rings. The van der Waals surface area contributed by atoms with Crippen LogP contribution in [-0.2, 0) is 0 Å². The summed E-state index contributed by atoms with van der Waals surface area (Å²) >= 11 is 2.67. The molecule has 0 aliphatic carbocycles. The molecule has 0 saturated heterocycles. The first-order chi connectivity index (χ1) is 7.00. The van der Waals surface area contributed by atoms with E-state index in [9.17, 15) is 18.4 Å². The predicted octanol–water partition coefficient (Wildman–Crippen LogP) is 1.26. The first-order valence-electron chi connectivity index (χ1n) is 3.80. The van der Waals surface area contributed by atoms with Crippen molar-refractivity contribution in [2.45, 2.75) is 0 Å². The summed E-state index contributed by atoms with van der Waals surface area (Å²) in [5.74, 6) is -1.91. The van der Waals surface area contributed by atoms with E-state index in [1.165, 1.54) is 0 Å². The highest BCUT2D eigenvalue weighted by Gasteiger charge is 2.14. The lowest BCUT2D eigenvalue weighted by atomic mass is 10.2. The molecule has 0 saturated carbocycles. The number of benzene rings is 1. The van der Waals surface area contributed by atoms with Crippen molar-refractivity contribution in [2.75, 3.05) is 0 Å². The summed E-state index contributed by atoms with van der Waals surface area (Å²) in [6.45, 7) is 0. The Labute approximate surface area is 89.1 Å². The van der Waals surface area contributed by atoms with E-state index >= 15 is 0 Å². The highest BCUT2D eigenvalue weighted by Crippen LogP contribution is 2.24.